The van der Waals surface area contributed by atoms with Gasteiger partial charge in [0, 0.05) is 38.5 Å². The topological polar surface area (TPSA) is 62.9 Å². The molecule has 5 nitrogen and oxygen atoms in total. The number of rotatable bonds is 8. The second kappa shape index (κ2) is 12.7. The van der Waals surface area contributed by atoms with Crippen molar-refractivity contribution in [2.75, 3.05) is 31.6 Å². The molecule has 0 aliphatic carbocycles. The van der Waals surface area contributed by atoms with Crippen LogP contribution in [-0.4, -0.2) is 43.2 Å². The third-order valence-corrected chi connectivity index (χ3v) is 4.77. The molecule has 0 amide bonds. The highest BCUT2D eigenvalue weighted by atomic mass is 127. The molecular formula is C22H31IN4O. The molecule has 2 aromatic carbocycles. The minimum atomic E-state index is 0. The maximum absolute atomic E-state index is 6.02. The number of nitrogens with two attached hydrogens (primary N) is 1. The van der Waals surface area contributed by atoms with Gasteiger partial charge >= 0.3 is 0 Å². The van der Waals surface area contributed by atoms with Crippen molar-refractivity contribution in [3.63, 3.8) is 0 Å². The number of hydrogen-bond donors (Lipinski definition) is 2. The quantitative estimate of drug-likeness (QED) is 0.251. The Morgan fingerprint density at radius 1 is 1.04 bits per heavy atom. The number of piperidine rings is 1. The summed E-state index contributed by atoms with van der Waals surface area (Å²) in [7, 11) is 0. The maximum Gasteiger partial charge on any atom is 0.193 e. The average Bonchev–Trinajstić information content (AvgIpc) is 2.70. The van der Waals surface area contributed by atoms with E-state index in [1.807, 2.05) is 30.3 Å². The molecule has 0 aromatic heterocycles. The van der Waals surface area contributed by atoms with Crippen molar-refractivity contribution in [3.05, 3.63) is 66.2 Å². The van der Waals surface area contributed by atoms with E-state index in [-0.39, 0.29) is 24.0 Å². The number of nitrogens with one attached hydrogen (secondary N) is 1. The molecule has 0 saturated carbocycles. The zero-order valence-corrected chi connectivity index (χ0v) is 18.6. The number of para-hydroxylation sites is 1. The lowest BCUT2D eigenvalue weighted by molar-refractivity contribution is 0.00566. The lowest BCUT2D eigenvalue weighted by atomic mass is 10.1. The van der Waals surface area contributed by atoms with E-state index in [4.69, 9.17) is 10.5 Å². The van der Waals surface area contributed by atoms with E-state index in [2.05, 4.69) is 45.5 Å². The Hall–Kier alpha value is -1.64. The fourth-order valence-electron chi connectivity index (χ4n) is 3.30. The van der Waals surface area contributed by atoms with Gasteiger partial charge in [-0.05, 0) is 37.0 Å². The Morgan fingerprint density at radius 3 is 2.36 bits per heavy atom. The normalized spacial score (nSPS) is 15.8. The van der Waals surface area contributed by atoms with Crippen LogP contribution in [0.25, 0.3) is 0 Å². The van der Waals surface area contributed by atoms with Gasteiger partial charge in [-0.25, -0.2) is 0 Å². The minimum absolute atomic E-state index is 0. The summed E-state index contributed by atoms with van der Waals surface area (Å²) in [5.74, 6) is 0.454. The van der Waals surface area contributed by atoms with E-state index in [1.54, 1.807) is 0 Å². The number of likely N-dealkylation sites (tertiary alicyclic amines) is 1. The number of guanidine groups is 1. The number of halogens is 1. The Kier molecular flexibility index (Phi) is 10.3. The summed E-state index contributed by atoms with van der Waals surface area (Å²) in [5, 5.41) is 3.09. The summed E-state index contributed by atoms with van der Waals surface area (Å²) in [4.78, 5) is 6.87. The molecule has 0 spiro atoms. The summed E-state index contributed by atoms with van der Waals surface area (Å²) < 4.78 is 6.02. The van der Waals surface area contributed by atoms with E-state index in [9.17, 15) is 0 Å². The highest BCUT2D eigenvalue weighted by molar-refractivity contribution is 14.0. The molecule has 1 heterocycles. The summed E-state index contributed by atoms with van der Waals surface area (Å²) in [6.45, 7) is 4.66. The Labute approximate surface area is 185 Å². The van der Waals surface area contributed by atoms with E-state index >= 15 is 0 Å². The minimum Gasteiger partial charge on any atom is -0.378 e. The first-order chi connectivity index (χ1) is 13.3. The molecule has 1 aliphatic rings. The standard InChI is InChI=1S/C22H30N4O.HI/c23-22(25-20-10-5-2-6-11-20)24-14-7-17-27-21-12-15-26(16-13-21)18-19-8-3-1-4-9-19;/h1-6,8-11,21H,7,12-18H2,(H3,23,24,25);1H. The highest BCUT2D eigenvalue weighted by Gasteiger charge is 2.19. The lowest BCUT2D eigenvalue weighted by Crippen LogP contribution is -2.36. The molecule has 3 N–H and O–H groups in total. The first kappa shape index (κ1) is 22.6. The van der Waals surface area contributed by atoms with Crippen LogP contribution in [0.15, 0.2) is 65.7 Å². The number of hydrogen-bond acceptors (Lipinski definition) is 3. The van der Waals surface area contributed by atoms with Crippen LogP contribution in [0, 0.1) is 0 Å². The van der Waals surface area contributed by atoms with Crippen molar-refractivity contribution in [2.45, 2.75) is 31.9 Å². The van der Waals surface area contributed by atoms with Crippen molar-refractivity contribution in [1.29, 1.82) is 0 Å². The monoisotopic (exact) mass is 494 g/mol. The van der Waals surface area contributed by atoms with Crippen LogP contribution in [0.3, 0.4) is 0 Å². The Morgan fingerprint density at radius 2 is 1.68 bits per heavy atom. The third-order valence-electron chi connectivity index (χ3n) is 4.77. The molecule has 2 aromatic rings. The van der Waals surface area contributed by atoms with Crippen molar-refractivity contribution in [2.24, 2.45) is 10.7 Å². The molecule has 6 heteroatoms. The van der Waals surface area contributed by atoms with Gasteiger partial charge in [0.2, 0.25) is 0 Å². The summed E-state index contributed by atoms with van der Waals surface area (Å²) >= 11 is 0. The van der Waals surface area contributed by atoms with Gasteiger partial charge in [0.15, 0.2) is 5.96 Å². The maximum atomic E-state index is 6.02. The van der Waals surface area contributed by atoms with Crippen LogP contribution in [-0.2, 0) is 11.3 Å². The predicted molar refractivity (Wildman–Crippen MR) is 127 cm³/mol. The average molecular weight is 494 g/mol. The van der Waals surface area contributed by atoms with E-state index in [1.165, 1.54) is 5.56 Å². The molecule has 3 rings (SSSR count). The number of benzene rings is 2. The van der Waals surface area contributed by atoms with Gasteiger partial charge in [0.1, 0.15) is 0 Å². The van der Waals surface area contributed by atoms with Gasteiger partial charge < -0.3 is 15.8 Å². The fourth-order valence-corrected chi connectivity index (χ4v) is 3.30. The predicted octanol–water partition coefficient (Wildman–Crippen LogP) is 4.10. The van der Waals surface area contributed by atoms with Crippen LogP contribution in [0.5, 0.6) is 0 Å². The zero-order chi connectivity index (χ0) is 18.7. The highest BCUT2D eigenvalue weighted by Crippen LogP contribution is 2.16. The molecule has 0 unspecified atom stereocenters. The fraction of sp³-hybridized carbons (Fsp3) is 0.409. The molecule has 1 aliphatic heterocycles. The molecule has 28 heavy (non-hydrogen) atoms. The Balaban J connectivity index is 0.00000280. The lowest BCUT2D eigenvalue weighted by Gasteiger charge is -2.31. The van der Waals surface area contributed by atoms with Crippen LogP contribution in [0.1, 0.15) is 24.8 Å². The van der Waals surface area contributed by atoms with Crippen molar-refractivity contribution in [3.8, 4) is 0 Å². The van der Waals surface area contributed by atoms with Crippen molar-refractivity contribution >= 4 is 35.6 Å². The zero-order valence-electron chi connectivity index (χ0n) is 16.3. The second-order valence-electron chi connectivity index (χ2n) is 6.94. The van der Waals surface area contributed by atoms with Crippen LogP contribution in [0.2, 0.25) is 0 Å². The SMILES string of the molecule is I.NC(=NCCCOC1CCN(Cc2ccccc2)CC1)Nc1ccccc1. The Bertz CT molecular complexity index is 688. The van der Waals surface area contributed by atoms with E-state index in [0.29, 0.717) is 18.6 Å². The first-order valence-electron chi connectivity index (χ1n) is 9.79. The van der Waals surface area contributed by atoms with Crippen LogP contribution < -0.4 is 11.1 Å². The number of aliphatic imine (C=N–C) groups is 1. The van der Waals surface area contributed by atoms with Crippen molar-refractivity contribution in [1.82, 2.24) is 4.90 Å². The van der Waals surface area contributed by atoms with Gasteiger partial charge in [-0.3, -0.25) is 9.89 Å². The van der Waals surface area contributed by atoms with Gasteiger partial charge in [-0.1, -0.05) is 48.5 Å². The van der Waals surface area contributed by atoms with Gasteiger partial charge in [-0.2, -0.15) is 0 Å². The summed E-state index contributed by atoms with van der Waals surface area (Å²) in [5.41, 5.74) is 8.24. The second-order valence-corrected chi connectivity index (χ2v) is 6.94. The van der Waals surface area contributed by atoms with Crippen LogP contribution >= 0.6 is 24.0 Å². The molecule has 1 saturated heterocycles. The molecule has 0 bridgehead atoms. The molecule has 0 radical (unpaired) electrons. The van der Waals surface area contributed by atoms with Crippen molar-refractivity contribution < 1.29 is 4.74 Å². The number of nitrogens with zero attached hydrogens (tertiary/aromatic N) is 2. The summed E-state index contributed by atoms with van der Waals surface area (Å²) in [6, 6.07) is 20.5. The molecule has 0 atom stereocenters. The molecular weight excluding hydrogens is 463 g/mol. The smallest absolute Gasteiger partial charge is 0.193 e. The molecule has 1 fully saturated rings. The largest absolute Gasteiger partial charge is 0.378 e. The number of anilines is 1. The van der Waals surface area contributed by atoms with E-state index in [0.717, 1.165) is 51.2 Å². The summed E-state index contributed by atoms with van der Waals surface area (Å²) in [6.07, 6.45) is 3.48. The van der Waals surface area contributed by atoms with Crippen LogP contribution in [0.4, 0.5) is 5.69 Å². The third kappa shape index (κ3) is 8.16. The van der Waals surface area contributed by atoms with E-state index < -0.39 is 0 Å². The van der Waals surface area contributed by atoms with Gasteiger partial charge in [0.25, 0.3) is 0 Å². The van der Waals surface area contributed by atoms with Gasteiger partial charge in [0.05, 0.1) is 6.10 Å². The molecule has 152 valence electrons. The van der Waals surface area contributed by atoms with Gasteiger partial charge in [-0.15, -0.1) is 24.0 Å². The number of ether oxygens (including phenoxy) is 1. The first-order valence-corrected chi connectivity index (χ1v) is 9.79.